The fourth-order valence-electron chi connectivity index (χ4n) is 2.52. The summed E-state index contributed by atoms with van der Waals surface area (Å²) in [4.78, 5) is 25.2. The second-order valence-electron chi connectivity index (χ2n) is 5.12. The highest BCUT2D eigenvalue weighted by Gasteiger charge is 2.23. The highest BCUT2D eigenvalue weighted by Crippen LogP contribution is 2.21. The van der Waals surface area contributed by atoms with E-state index in [0.717, 1.165) is 30.6 Å². The monoisotopic (exact) mass is 294 g/mol. The van der Waals surface area contributed by atoms with Crippen molar-refractivity contribution >= 4 is 29.2 Å². The highest BCUT2D eigenvalue weighted by molar-refractivity contribution is 6.30. The van der Waals surface area contributed by atoms with Gasteiger partial charge in [-0.25, -0.2) is 9.69 Å². The number of halogens is 1. The predicted molar refractivity (Wildman–Crippen MR) is 80.0 cm³/mol. The average Bonchev–Trinajstić information content (AvgIpc) is 2.42. The number of hydrogen-bond donors (Lipinski definition) is 1. The van der Waals surface area contributed by atoms with Crippen LogP contribution < -0.4 is 10.2 Å². The molecule has 20 heavy (non-hydrogen) atoms. The van der Waals surface area contributed by atoms with Crippen molar-refractivity contribution in [3.63, 3.8) is 0 Å². The quantitative estimate of drug-likeness (QED) is 0.903. The SMILES string of the molecule is CC(=O)N(C(=O)NC1CCCCC1)c1ccc(Cl)cc1. The molecule has 0 saturated heterocycles. The lowest BCUT2D eigenvalue weighted by Crippen LogP contribution is -2.47. The van der Waals surface area contributed by atoms with Crippen LogP contribution in [0.5, 0.6) is 0 Å². The van der Waals surface area contributed by atoms with E-state index in [1.807, 2.05) is 0 Å². The first-order valence-corrected chi connectivity index (χ1v) is 7.32. The third kappa shape index (κ3) is 3.73. The van der Waals surface area contributed by atoms with Gasteiger partial charge in [-0.15, -0.1) is 0 Å². The van der Waals surface area contributed by atoms with Crippen LogP contribution in [0.15, 0.2) is 24.3 Å². The van der Waals surface area contributed by atoms with E-state index in [1.54, 1.807) is 24.3 Å². The van der Waals surface area contributed by atoms with Crippen molar-refractivity contribution in [1.29, 1.82) is 0 Å². The molecular formula is C15H19ClN2O2. The van der Waals surface area contributed by atoms with E-state index in [-0.39, 0.29) is 18.0 Å². The van der Waals surface area contributed by atoms with Gasteiger partial charge in [0.15, 0.2) is 0 Å². The van der Waals surface area contributed by atoms with Gasteiger partial charge < -0.3 is 5.32 Å². The summed E-state index contributed by atoms with van der Waals surface area (Å²) >= 11 is 5.83. The van der Waals surface area contributed by atoms with Gasteiger partial charge >= 0.3 is 6.03 Å². The molecule has 4 nitrogen and oxygen atoms in total. The molecule has 108 valence electrons. The Bertz CT molecular complexity index is 481. The summed E-state index contributed by atoms with van der Waals surface area (Å²) in [5.74, 6) is -0.305. The molecule has 0 heterocycles. The molecule has 0 spiro atoms. The number of carbonyl (C=O) groups is 2. The molecule has 0 aromatic heterocycles. The van der Waals surface area contributed by atoms with Crippen LogP contribution in [0.1, 0.15) is 39.0 Å². The van der Waals surface area contributed by atoms with Gasteiger partial charge in [-0.2, -0.15) is 0 Å². The van der Waals surface area contributed by atoms with Crippen LogP contribution >= 0.6 is 11.6 Å². The summed E-state index contributed by atoms with van der Waals surface area (Å²) < 4.78 is 0. The van der Waals surface area contributed by atoms with Crippen LogP contribution in [-0.4, -0.2) is 18.0 Å². The Labute approximate surface area is 124 Å². The lowest BCUT2D eigenvalue weighted by molar-refractivity contribution is -0.115. The van der Waals surface area contributed by atoms with Crippen LogP contribution in [0.3, 0.4) is 0 Å². The summed E-state index contributed by atoms with van der Waals surface area (Å²) in [6.45, 7) is 1.38. The second kappa shape index (κ2) is 6.75. The lowest BCUT2D eigenvalue weighted by atomic mass is 9.96. The molecule has 0 radical (unpaired) electrons. The minimum absolute atomic E-state index is 0.172. The van der Waals surface area contributed by atoms with Crippen LogP contribution in [-0.2, 0) is 4.79 Å². The zero-order chi connectivity index (χ0) is 14.5. The van der Waals surface area contributed by atoms with Gasteiger partial charge in [0.05, 0.1) is 5.69 Å². The summed E-state index contributed by atoms with van der Waals surface area (Å²) in [5.41, 5.74) is 0.537. The molecule has 1 aliphatic rings. The van der Waals surface area contributed by atoms with Crippen LogP contribution in [0.25, 0.3) is 0 Å². The molecule has 0 aliphatic heterocycles. The molecule has 2 rings (SSSR count). The van der Waals surface area contributed by atoms with Crippen molar-refractivity contribution in [2.75, 3.05) is 4.90 Å². The number of nitrogens with zero attached hydrogens (tertiary/aromatic N) is 1. The van der Waals surface area contributed by atoms with Crippen LogP contribution in [0.2, 0.25) is 5.02 Å². The van der Waals surface area contributed by atoms with Gasteiger partial charge in [0.25, 0.3) is 0 Å². The topological polar surface area (TPSA) is 49.4 Å². The van der Waals surface area contributed by atoms with Gasteiger partial charge in [0.1, 0.15) is 0 Å². The standard InChI is InChI=1S/C15H19ClN2O2/c1-11(19)18(14-9-7-12(16)8-10-14)15(20)17-13-5-3-2-4-6-13/h7-10,13H,2-6H2,1H3,(H,17,20). The first-order chi connectivity index (χ1) is 9.58. The number of carbonyl (C=O) groups excluding carboxylic acids is 2. The Morgan fingerprint density at radius 1 is 1.15 bits per heavy atom. The van der Waals surface area contributed by atoms with Gasteiger partial charge in [-0.05, 0) is 37.1 Å². The van der Waals surface area contributed by atoms with E-state index in [4.69, 9.17) is 11.6 Å². The molecule has 0 unspecified atom stereocenters. The number of urea groups is 1. The molecule has 1 N–H and O–H groups in total. The van der Waals surface area contributed by atoms with Gasteiger partial charge in [-0.1, -0.05) is 30.9 Å². The molecule has 1 aromatic carbocycles. The largest absolute Gasteiger partial charge is 0.335 e. The number of rotatable bonds is 2. The summed E-state index contributed by atoms with van der Waals surface area (Å²) in [6.07, 6.45) is 5.45. The Hall–Kier alpha value is -1.55. The van der Waals surface area contributed by atoms with Crippen LogP contribution in [0.4, 0.5) is 10.5 Å². The maximum absolute atomic E-state index is 12.3. The molecule has 1 aromatic rings. The van der Waals surface area contributed by atoms with E-state index < -0.39 is 0 Å². The van der Waals surface area contributed by atoms with Crippen molar-refractivity contribution in [2.45, 2.75) is 45.1 Å². The first kappa shape index (κ1) is 14.9. The van der Waals surface area contributed by atoms with Crippen molar-refractivity contribution < 1.29 is 9.59 Å². The van der Waals surface area contributed by atoms with Gasteiger partial charge in [-0.3, -0.25) is 4.79 Å². The normalized spacial score (nSPS) is 15.7. The third-order valence-corrected chi connectivity index (χ3v) is 3.79. The molecule has 1 aliphatic carbocycles. The van der Waals surface area contributed by atoms with E-state index >= 15 is 0 Å². The van der Waals surface area contributed by atoms with E-state index in [0.29, 0.717) is 10.7 Å². The molecule has 3 amide bonds. The van der Waals surface area contributed by atoms with Crippen molar-refractivity contribution in [3.05, 3.63) is 29.3 Å². The van der Waals surface area contributed by atoms with Crippen LogP contribution in [0, 0.1) is 0 Å². The summed E-state index contributed by atoms with van der Waals surface area (Å²) in [5, 5.41) is 3.52. The van der Waals surface area contributed by atoms with E-state index in [2.05, 4.69) is 5.32 Å². The predicted octanol–water partition coefficient (Wildman–Crippen LogP) is 3.74. The summed E-state index contributed by atoms with van der Waals surface area (Å²) in [6, 6.07) is 6.49. The maximum Gasteiger partial charge on any atom is 0.328 e. The van der Waals surface area contributed by atoms with Gasteiger partial charge in [0.2, 0.25) is 5.91 Å². The first-order valence-electron chi connectivity index (χ1n) is 6.94. The Kier molecular flexibility index (Phi) is 5.01. The van der Waals surface area contributed by atoms with Crippen molar-refractivity contribution in [1.82, 2.24) is 5.32 Å². The minimum Gasteiger partial charge on any atom is -0.335 e. The highest BCUT2D eigenvalue weighted by atomic mass is 35.5. The number of benzene rings is 1. The van der Waals surface area contributed by atoms with Gasteiger partial charge in [0, 0.05) is 18.0 Å². The van der Waals surface area contributed by atoms with Crippen molar-refractivity contribution in [2.24, 2.45) is 0 Å². The smallest absolute Gasteiger partial charge is 0.328 e. The number of hydrogen-bond acceptors (Lipinski definition) is 2. The molecular weight excluding hydrogens is 276 g/mol. The number of imide groups is 1. The van der Waals surface area contributed by atoms with E-state index in [9.17, 15) is 9.59 Å². The number of amides is 3. The second-order valence-corrected chi connectivity index (χ2v) is 5.55. The molecule has 0 atom stereocenters. The summed E-state index contributed by atoms with van der Waals surface area (Å²) in [7, 11) is 0. The zero-order valence-electron chi connectivity index (χ0n) is 11.6. The molecule has 0 bridgehead atoms. The molecule has 1 saturated carbocycles. The zero-order valence-corrected chi connectivity index (χ0v) is 12.3. The van der Waals surface area contributed by atoms with E-state index in [1.165, 1.54) is 13.3 Å². The Balaban J connectivity index is 2.09. The maximum atomic E-state index is 12.3. The lowest BCUT2D eigenvalue weighted by Gasteiger charge is -2.26. The fraction of sp³-hybridized carbons (Fsp3) is 0.467. The molecule has 1 fully saturated rings. The number of anilines is 1. The Morgan fingerprint density at radius 3 is 2.30 bits per heavy atom. The third-order valence-electron chi connectivity index (χ3n) is 3.54. The fourth-order valence-corrected chi connectivity index (χ4v) is 2.64. The van der Waals surface area contributed by atoms with Crippen molar-refractivity contribution in [3.8, 4) is 0 Å². The molecule has 5 heteroatoms. The number of nitrogens with one attached hydrogen (secondary N) is 1. The average molecular weight is 295 g/mol. The minimum atomic E-state index is -0.355. The Morgan fingerprint density at radius 2 is 1.75 bits per heavy atom.